The van der Waals surface area contributed by atoms with Crippen molar-refractivity contribution in [1.82, 2.24) is 15.0 Å². The highest BCUT2D eigenvalue weighted by molar-refractivity contribution is 5.79. The first kappa shape index (κ1) is 20.1. The van der Waals surface area contributed by atoms with Gasteiger partial charge in [0.25, 0.3) is 0 Å². The average molecular weight is 405 g/mol. The summed E-state index contributed by atoms with van der Waals surface area (Å²) in [5.41, 5.74) is 3.19. The van der Waals surface area contributed by atoms with Gasteiger partial charge in [-0.25, -0.2) is 0 Å². The second-order valence-corrected chi connectivity index (χ2v) is 8.35. The number of benzene rings is 2. The fraction of sp³-hybridized carbons (Fsp3) is 0.375. The Hall–Kier alpha value is -3.15. The Morgan fingerprint density at radius 3 is 2.73 bits per heavy atom. The summed E-state index contributed by atoms with van der Waals surface area (Å²) in [6.07, 6.45) is 0.398. The van der Waals surface area contributed by atoms with Crippen LogP contribution < -0.4 is 4.74 Å². The second kappa shape index (κ2) is 8.69. The summed E-state index contributed by atoms with van der Waals surface area (Å²) in [5.74, 6) is 2.40. The average Bonchev–Trinajstić information content (AvgIpc) is 3.34. The van der Waals surface area contributed by atoms with Crippen molar-refractivity contribution in [2.75, 3.05) is 13.2 Å². The fourth-order valence-electron chi connectivity index (χ4n) is 3.60. The lowest BCUT2D eigenvalue weighted by Gasteiger charge is -2.16. The number of likely N-dealkylation sites (tertiary alicyclic amines) is 1. The molecule has 0 saturated carbocycles. The number of aromatic nitrogens is 2. The van der Waals surface area contributed by atoms with Gasteiger partial charge in [0.15, 0.2) is 0 Å². The molecule has 0 spiro atoms. The molecule has 30 heavy (non-hydrogen) atoms. The van der Waals surface area contributed by atoms with Crippen LogP contribution in [0, 0.1) is 12.8 Å². The summed E-state index contributed by atoms with van der Waals surface area (Å²) in [5, 5.41) is 4.12. The molecule has 0 radical (unpaired) electrons. The van der Waals surface area contributed by atoms with Crippen molar-refractivity contribution in [2.45, 2.75) is 39.7 Å². The molecule has 156 valence electrons. The predicted molar refractivity (Wildman–Crippen MR) is 114 cm³/mol. The third kappa shape index (κ3) is 4.70. The van der Waals surface area contributed by atoms with Gasteiger partial charge in [0, 0.05) is 25.1 Å². The smallest absolute Gasteiger partial charge is 0.232 e. The van der Waals surface area contributed by atoms with E-state index in [0.717, 1.165) is 16.9 Å². The van der Waals surface area contributed by atoms with Crippen LogP contribution in [0.3, 0.4) is 0 Å². The Morgan fingerprint density at radius 2 is 2.00 bits per heavy atom. The number of rotatable bonds is 7. The maximum absolute atomic E-state index is 12.5. The minimum absolute atomic E-state index is 0.0720. The van der Waals surface area contributed by atoms with E-state index in [2.05, 4.69) is 43.0 Å². The van der Waals surface area contributed by atoms with Crippen LogP contribution in [0.25, 0.3) is 11.4 Å². The number of amides is 1. The van der Waals surface area contributed by atoms with Crippen LogP contribution in [0.1, 0.15) is 43.2 Å². The molecule has 2 heterocycles. The zero-order valence-corrected chi connectivity index (χ0v) is 17.7. The van der Waals surface area contributed by atoms with Crippen molar-refractivity contribution in [3.05, 3.63) is 65.5 Å². The first-order valence-corrected chi connectivity index (χ1v) is 10.4. The van der Waals surface area contributed by atoms with Gasteiger partial charge in [0.05, 0.1) is 12.5 Å². The Balaban J connectivity index is 1.41. The highest BCUT2D eigenvalue weighted by atomic mass is 16.5. The highest BCUT2D eigenvalue weighted by Gasteiger charge is 2.34. The molecule has 1 aliphatic heterocycles. The molecule has 3 aromatic rings. The van der Waals surface area contributed by atoms with Crippen molar-refractivity contribution >= 4 is 5.91 Å². The number of carbonyl (C=O) groups excluding carboxylic acids is 1. The van der Waals surface area contributed by atoms with Crippen LogP contribution in [0.2, 0.25) is 0 Å². The largest absolute Gasteiger partial charge is 0.493 e. The van der Waals surface area contributed by atoms with E-state index >= 15 is 0 Å². The monoisotopic (exact) mass is 405 g/mol. The molecule has 4 rings (SSSR count). The standard InChI is InChI=1S/C24H27N3O3/c1-16(2)15-29-21-9-7-19(8-10-21)23-25-24(30-26-23)20-12-22(28)27(14-20)13-18-6-4-5-17(3)11-18/h4-11,16,20H,12-15H2,1-3H3. The molecule has 1 unspecified atom stereocenters. The van der Waals surface area contributed by atoms with Gasteiger partial charge in [-0.15, -0.1) is 0 Å². The quantitative estimate of drug-likeness (QED) is 0.575. The first-order chi connectivity index (χ1) is 14.5. The summed E-state index contributed by atoms with van der Waals surface area (Å²) < 4.78 is 11.2. The molecule has 1 amide bonds. The molecule has 0 bridgehead atoms. The van der Waals surface area contributed by atoms with E-state index < -0.39 is 0 Å². The van der Waals surface area contributed by atoms with Gasteiger partial charge < -0.3 is 14.2 Å². The van der Waals surface area contributed by atoms with Crippen molar-refractivity contribution in [3.63, 3.8) is 0 Å². The molecular weight excluding hydrogens is 378 g/mol. The molecule has 1 aliphatic rings. The molecule has 1 aromatic heterocycles. The molecule has 6 nitrogen and oxygen atoms in total. The van der Waals surface area contributed by atoms with Crippen molar-refractivity contribution in [2.24, 2.45) is 5.92 Å². The van der Waals surface area contributed by atoms with Gasteiger partial charge in [-0.1, -0.05) is 48.8 Å². The van der Waals surface area contributed by atoms with Gasteiger partial charge in [-0.3, -0.25) is 4.79 Å². The molecule has 6 heteroatoms. The van der Waals surface area contributed by atoms with Crippen LogP contribution >= 0.6 is 0 Å². The summed E-state index contributed by atoms with van der Waals surface area (Å²) >= 11 is 0. The minimum Gasteiger partial charge on any atom is -0.493 e. The topological polar surface area (TPSA) is 68.5 Å². The van der Waals surface area contributed by atoms with Gasteiger partial charge in [0.2, 0.25) is 17.6 Å². The summed E-state index contributed by atoms with van der Waals surface area (Å²) in [6.45, 7) is 8.17. The lowest BCUT2D eigenvalue weighted by molar-refractivity contribution is -0.128. The zero-order valence-electron chi connectivity index (χ0n) is 17.7. The van der Waals surface area contributed by atoms with E-state index in [1.54, 1.807) is 0 Å². The van der Waals surface area contributed by atoms with Crippen molar-refractivity contribution < 1.29 is 14.1 Å². The zero-order chi connectivity index (χ0) is 21.1. The molecule has 1 saturated heterocycles. The molecule has 2 aromatic carbocycles. The number of carbonyl (C=O) groups is 1. The Bertz CT molecular complexity index is 1010. The molecule has 1 fully saturated rings. The van der Waals surface area contributed by atoms with E-state index in [9.17, 15) is 4.79 Å². The Kier molecular flexibility index (Phi) is 5.84. The van der Waals surface area contributed by atoms with E-state index in [0.29, 0.717) is 43.8 Å². The maximum Gasteiger partial charge on any atom is 0.232 e. The maximum atomic E-state index is 12.5. The predicted octanol–water partition coefficient (Wildman–Crippen LogP) is 4.60. The van der Waals surface area contributed by atoms with Gasteiger partial charge in [-0.2, -0.15) is 4.98 Å². The molecule has 0 aliphatic carbocycles. The van der Waals surface area contributed by atoms with Crippen molar-refractivity contribution in [1.29, 1.82) is 0 Å². The Labute approximate surface area is 176 Å². The van der Waals surface area contributed by atoms with Gasteiger partial charge in [-0.05, 0) is 42.7 Å². The first-order valence-electron chi connectivity index (χ1n) is 10.4. The van der Waals surface area contributed by atoms with Gasteiger partial charge >= 0.3 is 0 Å². The van der Waals surface area contributed by atoms with E-state index in [1.807, 2.05) is 41.3 Å². The highest BCUT2D eigenvalue weighted by Crippen LogP contribution is 2.30. The van der Waals surface area contributed by atoms with Crippen LogP contribution in [0.5, 0.6) is 5.75 Å². The number of hydrogen-bond donors (Lipinski definition) is 0. The second-order valence-electron chi connectivity index (χ2n) is 8.35. The minimum atomic E-state index is -0.0720. The molecule has 1 atom stereocenters. The summed E-state index contributed by atoms with van der Waals surface area (Å²) in [7, 11) is 0. The number of aryl methyl sites for hydroxylation is 1. The lowest BCUT2D eigenvalue weighted by atomic mass is 10.1. The van der Waals surface area contributed by atoms with Crippen LogP contribution in [0.4, 0.5) is 0 Å². The van der Waals surface area contributed by atoms with E-state index in [4.69, 9.17) is 9.26 Å². The normalized spacial score (nSPS) is 16.5. The number of ether oxygens (including phenoxy) is 1. The third-order valence-corrected chi connectivity index (χ3v) is 5.16. The van der Waals surface area contributed by atoms with E-state index in [1.165, 1.54) is 5.56 Å². The Morgan fingerprint density at radius 1 is 1.20 bits per heavy atom. The van der Waals surface area contributed by atoms with Crippen molar-refractivity contribution in [3.8, 4) is 17.1 Å². The van der Waals surface area contributed by atoms with Crippen LogP contribution in [-0.4, -0.2) is 34.1 Å². The molecule has 0 N–H and O–H groups in total. The summed E-state index contributed by atoms with van der Waals surface area (Å²) in [4.78, 5) is 18.9. The van der Waals surface area contributed by atoms with Crippen LogP contribution in [-0.2, 0) is 11.3 Å². The third-order valence-electron chi connectivity index (χ3n) is 5.16. The fourth-order valence-corrected chi connectivity index (χ4v) is 3.60. The summed E-state index contributed by atoms with van der Waals surface area (Å²) in [6, 6.07) is 15.9. The molecular formula is C24H27N3O3. The van der Waals surface area contributed by atoms with Gasteiger partial charge in [0.1, 0.15) is 5.75 Å². The lowest BCUT2D eigenvalue weighted by Crippen LogP contribution is -2.24. The van der Waals surface area contributed by atoms with E-state index in [-0.39, 0.29) is 11.8 Å². The van der Waals surface area contributed by atoms with Crippen LogP contribution in [0.15, 0.2) is 53.1 Å². The number of nitrogens with zero attached hydrogens (tertiary/aromatic N) is 3. The number of hydrogen-bond acceptors (Lipinski definition) is 5. The SMILES string of the molecule is Cc1cccc(CN2CC(c3nc(-c4ccc(OCC(C)C)cc4)no3)CC2=O)c1.